The Bertz CT molecular complexity index is 586. The Labute approximate surface area is 112 Å². The third-order valence-electron chi connectivity index (χ3n) is 2.60. The summed E-state index contributed by atoms with van der Waals surface area (Å²) in [5, 5.41) is 7.12. The Hall–Kier alpha value is -1.62. The molecule has 0 saturated carbocycles. The molecule has 0 unspecified atom stereocenters. The van der Waals surface area contributed by atoms with Crippen LogP contribution in [0.2, 0.25) is 0 Å². The Kier molecular flexibility index (Phi) is 3.81. The van der Waals surface area contributed by atoms with Crippen LogP contribution in [0.1, 0.15) is 32.5 Å². The van der Waals surface area contributed by atoms with Crippen molar-refractivity contribution in [3.05, 3.63) is 34.9 Å². The quantitative estimate of drug-likeness (QED) is 0.859. The summed E-state index contributed by atoms with van der Waals surface area (Å²) in [5.74, 6) is 2.06. The van der Waals surface area contributed by atoms with E-state index in [4.69, 9.17) is 17.0 Å². The highest BCUT2D eigenvalue weighted by Crippen LogP contribution is 2.21. The van der Waals surface area contributed by atoms with Crippen LogP contribution in [0.4, 0.5) is 0 Å². The normalized spacial score (nSPS) is 10.9. The minimum Gasteiger partial charge on any atom is -0.494 e. The van der Waals surface area contributed by atoms with Crippen molar-refractivity contribution in [3.8, 4) is 11.4 Å². The molecule has 4 nitrogen and oxygen atoms in total. The van der Waals surface area contributed by atoms with Gasteiger partial charge in [0.1, 0.15) is 11.6 Å². The van der Waals surface area contributed by atoms with Gasteiger partial charge in [-0.3, -0.25) is 9.67 Å². The van der Waals surface area contributed by atoms with E-state index in [1.54, 1.807) is 0 Å². The second kappa shape index (κ2) is 5.35. The summed E-state index contributed by atoms with van der Waals surface area (Å²) < 4.78 is 8.06. The molecule has 1 aromatic heterocycles. The van der Waals surface area contributed by atoms with Crippen molar-refractivity contribution in [2.24, 2.45) is 0 Å². The molecule has 0 aliphatic rings. The van der Waals surface area contributed by atoms with E-state index in [9.17, 15) is 0 Å². The zero-order valence-corrected chi connectivity index (χ0v) is 11.6. The number of aromatic nitrogens is 3. The SMILES string of the molecule is CCOc1cccc(-n2c(C(C)C)n[nH]c2=S)c1. The largest absolute Gasteiger partial charge is 0.494 e. The maximum absolute atomic E-state index is 5.51. The lowest BCUT2D eigenvalue weighted by atomic mass is 10.2. The van der Waals surface area contributed by atoms with E-state index in [2.05, 4.69) is 24.0 Å². The van der Waals surface area contributed by atoms with Crippen LogP contribution < -0.4 is 4.74 Å². The number of hydrogen-bond donors (Lipinski definition) is 1. The van der Waals surface area contributed by atoms with Crippen LogP contribution in [0.15, 0.2) is 24.3 Å². The third kappa shape index (κ3) is 2.46. The van der Waals surface area contributed by atoms with Gasteiger partial charge in [-0.2, -0.15) is 5.10 Å². The molecule has 0 atom stereocenters. The second-order valence-electron chi connectivity index (χ2n) is 4.31. The first-order chi connectivity index (χ1) is 8.63. The molecule has 1 heterocycles. The van der Waals surface area contributed by atoms with E-state index in [0.717, 1.165) is 17.3 Å². The fourth-order valence-corrected chi connectivity index (χ4v) is 2.07. The van der Waals surface area contributed by atoms with Crippen molar-refractivity contribution in [2.75, 3.05) is 6.61 Å². The van der Waals surface area contributed by atoms with Crippen LogP contribution in [0.3, 0.4) is 0 Å². The predicted octanol–water partition coefficient (Wildman–Crippen LogP) is 3.45. The highest BCUT2D eigenvalue weighted by Gasteiger charge is 2.12. The monoisotopic (exact) mass is 263 g/mol. The van der Waals surface area contributed by atoms with E-state index in [-0.39, 0.29) is 0 Å². The van der Waals surface area contributed by atoms with Crippen molar-refractivity contribution in [3.63, 3.8) is 0 Å². The fraction of sp³-hybridized carbons (Fsp3) is 0.385. The lowest BCUT2D eigenvalue weighted by Crippen LogP contribution is -2.03. The highest BCUT2D eigenvalue weighted by atomic mass is 32.1. The van der Waals surface area contributed by atoms with Gasteiger partial charge >= 0.3 is 0 Å². The van der Waals surface area contributed by atoms with Gasteiger partial charge in [0.15, 0.2) is 4.77 Å². The van der Waals surface area contributed by atoms with Gasteiger partial charge in [-0.1, -0.05) is 19.9 Å². The second-order valence-corrected chi connectivity index (χ2v) is 4.69. The maximum Gasteiger partial charge on any atom is 0.199 e. The summed E-state index contributed by atoms with van der Waals surface area (Å²) in [6.07, 6.45) is 0. The number of nitrogens with zero attached hydrogens (tertiary/aromatic N) is 2. The average Bonchev–Trinajstić information content (AvgIpc) is 2.72. The van der Waals surface area contributed by atoms with Crippen LogP contribution in [0.25, 0.3) is 5.69 Å². The number of aromatic amines is 1. The standard InChI is InChI=1S/C13H17N3OS/c1-4-17-11-7-5-6-10(8-11)16-12(9(2)3)14-15-13(16)18/h5-9H,4H2,1-3H3,(H,15,18). The van der Waals surface area contributed by atoms with E-state index in [1.165, 1.54) is 0 Å². The summed E-state index contributed by atoms with van der Waals surface area (Å²) in [7, 11) is 0. The van der Waals surface area contributed by atoms with Gasteiger partial charge in [-0.15, -0.1) is 0 Å². The number of nitrogens with one attached hydrogen (secondary N) is 1. The van der Waals surface area contributed by atoms with E-state index >= 15 is 0 Å². The molecule has 0 bridgehead atoms. The smallest absolute Gasteiger partial charge is 0.199 e. The minimum atomic E-state index is 0.300. The van der Waals surface area contributed by atoms with E-state index in [1.807, 2.05) is 35.8 Å². The van der Waals surface area contributed by atoms with Gasteiger partial charge in [0.25, 0.3) is 0 Å². The summed E-state index contributed by atoms with van der Waals surface area (Å²) in [6.45, 7) is 6.80. The van der Waals surface area contributed by atoms with Gasteiger partial charge < -0.3 is 4.74 Å². The van der Waals surface area contributed by atoms with Crippen molar-refractivity contribution in [2.45, 2.75) is 26.7 Å². The topological polar surface area (TPSA) is 42.8 Å². The van der Waals surface area contributed by atoms with Crippen LogP contribution in [0, 0.1) is 4.77 Å². The first-order valence-corrected chi connectivity index (χ1v) is 6.45. The zero-order chi connectivity index (χ0) is 13.1. The van der Waals surface area contributed by atoms with Gasteiger partial charge in [-0.05, 0) is 31.3 Å². The predicted molar refractivity (Wildman–Crippen MR) is 74.0 cm³/mol. The molecule has 0 fully saturated rings. The molecule has 96 valence electrons. The Morgan fingerprint density at radius 3 is 2.89 bits per heavy atom. The Morgan fingerprint density at radius 2 is 2.22 bits per heavy atom. The fourth-order valence-electron chi connectivity index (χ4n) is 1.83. The minimum absolute atomic E-state index is 0.300. The zero-order valence-electron chi connectivity index (χ0n) is 10.8. The Morgan fingerprint density at radius 1 is 1.44 bits per heavy atom. The van der Waals surface area contributed by atoms with Crippen molar-refractivity contribution in [1.29, 1.82) is 0 Å². The first-order valence-electron chi connectivity index (χ1n) is 6.04. The van der Waals surface area contributed by atoms with Gasteiger partial charge in [-0.25, -0.2) is 0 Å². The highest BCUT2D eigenvalue weighted by molar-refractivity contribution is 7.71. The molecule has 0 saturated heterocycles. The van der Waals surface area contributed by atoms with Crippen LogP contribution >= 0.6 is 12.2 Å². The number of ether oxygens (including phenoxy) is 1. The molecule has 0 spiro atoms. The van der Waals surface area contributed by atoms with Gasteiger partial charge in [0, 0.05) is 12.0 Å². The molecule has 0 radical (unpaired) electrons. The lowest BCUT2D eigenvalue weighted by molar-refractivity contribution is 0.340. The molecule has 5 heteroatoms. The molecule has 0 amide bonds. The Balaban J connectivity index is 2.51. The van der Waals surface area contributed by atoms with E-state index < -0.39 is 0 Å². The van der Waals surface area contributed by atoms with E-state index in [0.29, 0.717) is 17.3 Å². The first kappa shape index (κ1) is 12.8. The van der Waals surface area contributed by atoms with Crippen LogP contribution in [0.5, 0.6) is 5.75 Å². The number of benzene rings is 1. The summed E-state index contributed by atoms with van der Waals surface area (Å²) in [6, 6.07) is 7.87. The summed E-state index contributed by atoms with van der Waals surface area (Å²) in [4.78, 5) is 0. The number of rotatable bonds is 4. The number of hydrogen-bond acceptors (Lipinski definition) is 3. The molecular weight excluding hydrogens is 246 g/mol. The van der Waals surface area contributed by atoms with Crippen molar-refractivity contribution < 1.29 is 4.74 Å². The molecule has 0 aliphatic heterocycles. The molecule has 0 aliphatic carbocycles. The van der Waals surface area contributed by atoms with Gasteiger partial charge in [0.05, 0.1) is 12.3 Å². The molecule has 2 rings (SSSR count). The summed E-state index contributed by atoms with van der Waals surface area (Å²) >= 11 is 5.29. The van der Waals surface area contributed by atoms with Crippen molar-refractivity contribution in [1.82, 2.24) is 14.8 Å². The summed E-state index contributed by atoms with van der Waals surface area (Å²) in [5.41, 5.74) is 0.975. The number of H-pyrrole nitrogens is 1. The molecule has 2 aromatic rings. The molecule has 1 N–H and O–H groups in total. The molecular formula is C13H17N3OS. The van der Waals surface area contributed by atoms with Gasteiger partial charge in [0.2, 0.25) is 0 Å². The molecule has 1 aromatic carbocycles. The van der Waals surface area contributed by atoms with Crippen molar-refractivity contribution >= 4 is 12.2 Å². The maximum atomic E-state index is 5.51. The molecule has 18 heavy (non-hydrogen) atoms. The van der Waals surface area contributed by atoms with Crippen LogP contribution in [-0.4, -0.2) is 21.4 Å². The lowest BCUT2D eigenvalue weighted by Gasteiger charge is -2.10. The van der Waals surface area contributed by atoms with Crippen LogP contribution in [-0.2, 0) is 0 Å². The average molecular weight is 263 g/mol. The third-order valence-corrected chi connectivity index (χ3v) is 2.88.